The van der Waals surface area contributed by atoms with Crippen molar-refractivity contribution < 1.29 is 19.1 Å². The Kier molecular flexibility index (Phi) is 3.27. The van der Waals surface area contributed by atoms with E-state index >= 15 is 0 Å². The van der Waals surface area contributed by atoms with Crippen LogP contribution in [-0.2, 0) is 14.3 Å². The van der Waals surface area contributed by atoms with Crippen molar-refractivity contribution >= 4 is 23.5 Å². The summed E-state index contributed by atoms with van der Waals surface area (Å²) in [5.74, 6) is -0.916. The average molecular weight is 248 g/mol. The molecule has 94 valence electrons. The van der Waals surface area contributed by atoms with Crippen molar-refractivity contribution in [3.05, 3.63) is 29.8 Å². The molecule has 1 aromatic carbocycles. The summed E-state index contributed by atoms with van der Waals surface area (Å²) in [6, 6.07) is 6.43. The van der Waals surface area contributed by atoms with Crippen molar-refractivity contribution in [1.29, 1.82) is 0 Å². The van der Waals surface area contributed by atoms with Crippen LogP contribution in [0.15, 0.2) is 24.3 Å². The number of hydrogen-bond donors (Lipinski definition) is 1. The van der Waals surface area contributed by atoms with Gasteiger partial charge in [-0.2, -0.15) is 0 Å². The van der Waals surface area contributed by atoms with E-state index in [0.29, 0.717) is 11.3 Å². The second-order valence-electron chi connectivity index (χ2n) is 3.80. The van der Waals surface area contributed by atoms with E-state index in [0.717, 1.165) is 0 Å². The van der Waals surface area contributed by atoms with Gasteiger partial charge in [-0.25, -0.2) is 4.79 Å². The van der Waals surface area contributed by atoms with Gasteiger partial charge in [0.25, 0.3) is 0 Å². The van der Waals surface area contributed by atoms with Crippen molar-refractivity contribution in [2.24, 2.45) is 0 Å². The van der Waals surface area contributed by atoms with E-state index in [-0.39, 0.29) is 24.9 Å². The third-order valence-corrected chi connectivity index (χ3v) is 2.62. The largest absolute Gasteiger partial charge is 0.465 e. The molecule has 0 radical (unpaired) electrons. The van der Waals surface area contributed by atoms with Gasteiger partial charge >= 0.3 is 5.97 Å². The minimum absolute atomic E-state index is 0.0265. The second kappa shape index (κ2) is 4.87. The number of rotatable bonds is 2. The number of amides is 2. The highest BCUT2D eigenvalue weighted by Crippen LogP contribution is 2.18. The van der Waals surface area contributed by atoms with Crippen LogP contribution in [0.4, 0.5) is 5.69 Å². The van der Waals surface area contributed by atoms with E-state index in [4.69, 9.17) is 0 Å². The molecule has 1 heterocycles. The predicted octanol–water partition coefficient (Wildman–Crippen LogP) is -0.0640. The first-order chi connectivity index (χ1) is 8.61. The highest BCUT2D eigenvalue weighted by Gasteiger charge is 2.24. The Morgan fingerprint density at radius 1 is 1.39 bits per heavy atom. The minimum atomic E-state index is -0.481. The van der Waals surface area contributed by atoms with Gasteiger partial charge in [-0.15, -0.1) is 0 Å². The summed E-state index contributed by atoms with van der Waals surface area (Å²) in [5, 5.41) is 2.46. The van der Waals surface area contributed by atoms with Crippen molar-refractivity contribution in [1.82, 2.24) is 5.32 Å². The summed E-state index contributed by atoms with van der Waals surface area (Å²) in [6.07, 6.45) is 0. The molecule has 0 aromatic heterocycles. The highest BCUT2D eigenvalue weighted by molar-refractivity contribution is 6.05. The molecule has 0 bridgehead atoms. The number of carbonyl (C=O) groups is 3. The Hall–Kier alpha value is -2.37. The third-order valence-electron chi connectivity index (χ3n) is 2.62. The van der Waals surface area contributed by atoms with Crippen LogP contribution in [-0.4, -0.2) is 38.0 Å². The van der Waals surface area contributed by atoms with Gasteiger partial charge in [0.1, 0.15) is 6.54 Å². The monoisotopic (exact) mass is 248 g/mol. The normalized spacial score (nSPS) is 15.3. The van der Waals surface area contributed by atoms with Gasteiger partial charge in [0.15, 0.2) is 0 Å². The summed E-state index contributed by atoms with van der Waals surface area (Å²) in [5.41, 5.74) is 0.853. The molecular formula is C12H12N2O4. The lowest BCUT2D eigenvalue weighted by Crippen LogP contribution is -2.51. The molecule has 0 saturated carbocycles. The molecule has 0 unspecified atom stereocenters. The molecule has 1 aliphatic rings. The summed E-state index contributed by atoms with van der Waals surface area (Å²) in [7, 11) is 1.29. The van der Waals surface area contributed by atoms with Gasteiger partial charge in [-0.05, 0) is 18.2 Å². The van der Waals surface area contributed by atoms with Crippen LogP contribution in [0, 0.1) is 0 Å². The quantitative estimate of drug-likeness (QED) is 0.744. The maximum absolute atomic E-state index is 11.7. The van der Waals surface area contributed by atoms with Gasteiger partial charge < -0.3 is 15.0 Å². The second-order valence-corrected chi connectivity index (χ2v) is 3.80. The Morgan fingerprint density at radius 3 is 2.89 bits per heavy atom. The molecule has 1 saturated heterocycles. The van der Waals surface area contributed by atoms with Gasteiger partial charge in [-0.3, -0.25) is 9.59 Å². The van der Waals surface area contributed by atoms with Crippen LogP contribution in [0.2, 0.25) is 0 Å². The fourth-order valence-electron chi connectivity index (χ4n) is 1.71. The summed E-state index contributed by atoms with van der Waals surface area (Å²) in [4.78, 5) is 35.7. The van der Waals surface area contributed by atoms with Crippen molar-refractivity contribution in [2.75, 3.05) is 25.1 Å². The van der Waals surface area contributed by atoms with Crippen LogP contribution in [0.5, 0.6) is 0 Å². The number of esters is 1. The van der Waals surface area contributed by atoms with Crippen LogP contribution in [0.1, 0.15) is 10.4 Å². The topological polar surface area (TPSA) is 75.7 Å². The molecule has 1 aromatic rings. The van der Waals surface area contributed by atoms with Crippen LogP contribution < -0.4 is 10.2 Å². The summed E-state index contributed by atoms with van der Waals surface area (Å²) < 4.78 is 4.60. The molecule has 0 spiro atoms. The van der Waals surface area contributed by atoms with Crippen molar-refractivity contribution in [3.63, 3.8) is 0 Å². The smallest absolute Gasteiger partial charge is 0.337 e. The predicted molar refractivity (Wildman–Crippen MR) is 63.1 cm³/mol. The molecule has 6 heteroatoms. The van der Waals surface area contributed by atoms with E-state index in [1.807, 2.05) is 0 Å². The van der Waals surface area contributed by atoms with Crippen LogP contribution in [0.25, 0.3) is 0 Å². The number of piperazine rings is 1. The molecular weight excluding hydrogens is 236 g/mol. The molecule has 1 aliphatic heterocycles. The Balaban J connectivity index is 2.29. The van der Waals surface area contributed by atoms with Gasteiger partial charge in [0, 0.05) is 5.69 Å². The summed E-state index contributed by atoms with van der Waals surface area (Å²) >= 11 is 0. The standard InChI is InChI=1S/C12H12N2O4/c1-18-12(17)8-3-2-4-9(5-8)14-7-10(15)13-6-11(14)16/h2-5H,6-7H2,1H3,(H,13,15). The molecule has 1 fully saturated rings. The first-order valence-electron chi connectivity index (χ1n) is 5.37. The molecule has 2 amide bonds. The third kappa shape index (κ3) is 2.32. The van der Waals surface area contributed by atoms with Crippen LogP contribution in [0.3, 0.4) is 0 Å². The van der Waals surface area contributed by atoms with E-state index in [9.17, 15) is 14.4 Å². The van der Waals surface area contributed by atoms with E-state index < -0.39 is 5.97 Å². The number of benzene rings is 1. The Bertz CT molecular complexity index is 513. The maximum Gasteiger partial charge on any atom is 0.337 e. The number of hydrogen-bond acceptors (Lipinski definition) is 4. The number of methoxy groups -OCH3 is 1. The van der Waals surface area contributed by atoms with Crippen molar-refractivity contribution in [3.8, 4) is 0 Å². The van der Waals surface area contributed by atoms with E-state index in [2.05, 4.69) is 10.1 Å². The van der Waals surface area contributed by atoms with Crippen molar-refractivity contribution in [2.45, 2.75) is 0 Å². The number of anilines is 1. The SMILES string of the molecule is COC(=O)c1cccc(N2CC(=O)NCC2=O)c1. The Labute approximate surface area is 104 Å². The van der Waals surface area contributed by atoms with Gasteiger partial charge in [0.05, 0.1) is 19.2 Å². The molecule has 0 atom stereocenters. The zero-order valence-electron chi connectivity index (χ0n) is 9.80. The fourth-order valence-corrected chi connectivity index (χ4v) is 1.71. The zero-order chi connectivity index (χ0) is 13.1. The van der Waals surface area contributed by atoms with E-state index in [1.165, 1.54) is 18.1 Å². The lowest BCUT2D eigenvalue weighted by molar-refractivity contribution is -0.128. The maximum atomic E-state index is 11.7. The highest BCUT2D eigenvalue weighted by atomic mass is 16.5. The average Bonchev–Trinajstić information content (AvgIpc) is 2.40. The minimum Gasteiger partial charge on any atom is -0.465 e. The van der Waals surface area contributed by atoms with E-state index in [1.54, 1.807) is 18.2 Å². The lowest BCUT2D eigenvalue weighted by Gasteiger charge is -2.26. The number of nitrogens with one attached hydrogen (secondary N) is 1. The van der Waals surface area contributed by atoms with Gasteiger partial charge in [-0.1, -0.05) is 6.07 Å². The fraction of sp³-hybridized carbons (Fsp3) is 0.250. The number of ether oxygens (including phenoxy) is 1. The zero-order valence-corrected chi connectivity index (χ0v) is 9.80. The molecule has 6 nitrogen and oxygen atoms in total. The summed E-state index contributed by atoms with van der Waals surface area (Å²) in [6.45, 7) is -0.0647. The Morgan fingerprint density at radius 2 is 2.17 bits per heavy atom. The molecule has 1 N–H and O–H groups in total. The molecule has 2 rings (SSSR count). The first-order valence-corrected chi connectivity index (χ1v) is 5.37. The van der Waals surface area contributed by atoms with Crippen LogP contribution >= 0.6 is 0 Å². The number of nitrogens with zero attached hydrogens (tertiary/aromatic N) is 1. The molecule has 0 aliphatic carbocycles. The number of carbonyl (C=O) groups excluding carboxylic acids is 3. The van der Waals surface area contributed by atoms with Gasteiger partial charge in [0.2, 0.25) is 11.8 Å². The lowest BCUT2D eigenvalue weighted by atomic mass is 10.1. The molecule has 18 heavy (non-hydrogen) atoms. The first kappa shape index (κ1) is 12.1.